The van der Waals surface area contributed by atoms with Gasteiger partial charge in [-0.3, -0.25) is 9.59 Å². The molecule has 0 fully saturated rings. The SMILES string of the molecule is CC(C)n1c2ccc(CC(=O)O)cc2c2cc(CC(=O)O)ccc21. The number of carboxylic acids is 2. The van der Waals surface area contributed by atoms with Crippen molar-refractivity contribution in [3.8, 4) is 0 Å². The van der Waals surface area contributed by atoms with Crippen LogP contribution in [0.25, 0.3) is 21.8 Å². The Morgan fingerprint density at radius 2 is 1.29 bits per heavy atom. The third-order valence-electron chi connectivity index (χ3n) is 4.16. The van der Waals surface area contributed by atoms with Crippen LogP contribution in [0.5, 0.6) is 0 Å². The molecule has 2 N–H and O–H groups in total. The molecule has 5 nitrogen and oxygen atoms in total. The minimum Gasteiger partial charge on any atom is -0.481 e. The fraction of sp³-hybridized carbons (Fsp3) is 0.263. The highest BCUT2D eigenvalue weighted by molar-refractivity contribution is 6.09. The van der Waals surface area contributed by atoms with Crippen LogP contribution in [-0.2, 0) is 22.4 Å². The molecule has 0 radical (unpaired) electrons. The van der Waals surface area contributed by atoms with Crippen LogP contribution in [0.4, 0.5) is 0 Å². The van der Waals surface area contributed by atoms with Gasteiger partial charge in [0.05, 0.1) is 12.8 Å². The van der Waals surface area contributed by atoms with Crippen LogP contribution in [0.15, 0.2) is 36.4 Å². The maximum atomic E-state index is 11.0. The van der Waals surface area contributed by atoms with Crippen LogP contribution >= 0.6 is 0 Å². The second-order valence-corrected chi connectivity index (χ2v) is 6.31. The van der Waals surface area contributed by atoms with Crippen LogP contribution in [0.3, 0.4) is 0 Å². The van der Waals surface area contributed by atoms with E-state index in [0.29, 0.717) is 0 Å². The predicted octanol–water partition coefficient (Wildman–Crippen LogP) is 3.63. The van der Waals surface area contributed by atoms with Gasteiger partial charge in [-0.15, -0.1) is 0 Å². The summed E-state index contributed by atoms with van der Waals surface area (Å²) < 4.78 is 2.19. The lowest BCUT2D eigenvalue weighted by Crippen LogP contribution is -2.02. The number of rotatable bonds is 5. The first-order chi connectivity index (χ1) is 11.4. The van der Waals surface area contributed by atoms with Crippen molar-refractivity contribution in [1.29, 1.82) is 0 Å². The number of aliphatic carboxylic acids is 2. The molecular weight excluding hydrogens is 306 g/mol. The van der Waals surface area contributed by atoms with E-state index >= 15 is 0 Å². The van der Waals surface area contributed by atoms with E-state index in [1.54, 1.807) is 0 Å². The number of nitrogens with zero attached hydrogens (tertiary/aromatic N) is 1. The lowest BCUT2D eigenvalue weighted by atomic mass is 10.0. The van der Waals surface area contributed by atoms with Gasteiger partial charge in [-0.25, -0.2) is 0 Å². The van der Waals surface area contributed by atoms with Crippen molar-refractivity contribution in [1.82, 2.24) is 4.57 Å². The van der Waals surface area contributed by atoms with Crippen molar-refractivity contribution in [3.05, 3.63) is 47.5 Å². The first kappa shape index (κ1) is 16.1. The van der Waals surface area contributed by atoms with Crippen molar-refractivity contribution >= 4 is 33.7 Å². The Morgan fingerprint density at radius 3 is 1.62 bits per heavy atom. The summed E-state index contributed by atoms with van der Waals surface area (Å²) in [5.74, 6) is -1.73. The Morgan fingerprint density at radius 1 is 0.875 bits per heavy atom. The molecule has 0 saturated carbocycles. The highest BCUT2D eigenvalue weighted by Crippen LogP contribution is 2.33. The largest absolute Gasteiger partial charge is 0.481 e. The van der Waals surface area contributed by atoms with Crippen molar-refractivity contribution in [3.63, 3.8) is 0 Å². The van der Waals surface area contributed by atoms with E-state index < -0.39 is 11.9 Å². The summed E-state index contributed by atoms with van der Waals surface area (Å²) in [6.07, 6.45) is -0.0573. The molecule has 0 bridgehead atoms. The van der Waals surface area contributed by atoms with Crippen LogP contribution in [-0.4, -0.2) is 26.7 Å². The smallest absolute Gasteiger partial charge is 0.307 e. The van der Waals surface area contributed by atoms with E-state index in [9.17, 15) is 9.59 Å². The van der Waals surface area contributed by atoms with Gasteiger partial charge in [0.25, 0.3) is 0 Å². The predicted molar refractivity (Wildman–Crippen MR) is 92.5 cm³/mol. The zero-order valence-corrected chi connectivity index (χ0v) is 13.6. The van der Waals surface area contributed by atoms with Crippen LogP contribution in [0.1, 0.15) is 31.0 Å². The second kappa shape index (κ2) is 6.00. The number of aromatic nitrogens is 1. The van der Waals surface area contributed by atoms with Crippen molar-refractivity contribution in [2.45, 2.75) is 32.7 Å². The monoisotopic (exact) mass is 325 g/mol. The van der Waals surface area contributed by atoms with Gasteiger partial charge < -0.3 is 14.8 Å². The summed E-state index contributed by atoms with van der Waals surface area (Å²) in [4.78, 5) is 22.0. The highest BCUT2D eigenvalue weighted by Gasteiger charge is 2.15. The molecule has 2 aromatic carbocycles. The number of fused-ring (bicyclic) bond motifs is 3. The first-order valence-electron chi connectivity index (χ1n) is 7.86. The average molecular weight is 325 g/mol. The molecule has 0 saturated heterocycles. The number of carbonyl (C=O) groups is 2. The van der Waals surface area contributed by atoms with Crippen LogP contribution in [0, 0.1) is 0 Å². The summed E-state index contributed by atoms with van der Waals surface area (Å²) in [5, 5.41) is 20.0. The zero-order chi connectivity index (χ0) is 17.4. The summed E-state index contributed by atoms with van der Waals surface area (Å²) in [5.41, 5.74) is 3.53. The van der Waals surface area contributed by atoms with E-state index in [0.717, 1.165) is 32.9 Å². The molecule has 124 valence electrons. The van der Waals surface area contributed by atoms with Gasteiger partial charge in [0.15, 0.2) is 0 Å². The van der Waals surface area contributed by atoms with Gasteiger partial charge in [-0.1, -0.05) is 12.1 Å². The third-order valence-corrected chi connectivity index (χ3v) is 4.16. The summed E-state index contributed by atoms with van der Waals surface area (Å²) in [7, 11) is 0. The van der Waals surface area contributed by atoms with Crippen molar-refractivity contribution < 1.29 is 19.8 Å². The Kier molecular flexibility index (Phi) is 4.01. The van der Waals surface area contributed by atoms with Gasteiger partial charge in [-0.2, -0.15) is 0 Å². The molecule has 1 aromatic heterocycles. The number of hydrogen-bond donors (Lipinski definition) is 2. The molecular formula is C19H19NO4. The van der Waals surface area contributed by atoms with Gasteiger partial charge in [0.2, 0.25) is 0 Å². The molecule has 0 amide bonds. The molecule has 0 atom stereocenters. The van der Waals surface area contributed by atoms with Crippen LogP contribution in [0.2, 0.25) is 0 Å². The number of carboxylic acid groups (broad SMARTS) is 2. The zero-order valence-electron chi connectivity index (χ0n) is 13.6. The van der Waals surface area contributed by atoms with Crippen LogP contribution < -0.4 is 0 Å². The number of hydrogen-bond acceptors (Lipinski definition) is 2. The number of benzene rings is 2. The molecule has 0 spiro atoms. The lowest BCUT2D eigenvalue weighted by Gasteiger charge is -2.11. The third kappa shape index (κ3) is 2.85. The van der Waals surface area contributed by atoms with Crippen molar-refractivity contribution in [2.24, 2.45) is 0 Å². The van der Waals surface area contributed by atoms with E-state index in [1.165, 1.54) is 0 Å². The maximum absolute atomic E-state index is 11.0. The van der Waals surface area contributed by atoms with Gasteiger partial charge in [0.1, 0.15) is 0 Å². The molecule has 24 heavy (non-hydrogen) atoms. The summed E-state index contributed by atoms with van der Waals surface area (Å²) in [6, 6.07) is 11.6. The maximum Gasteiger partial charge on any atom is 0.307 e. The second-order valence-electron chi connectivity index (χ2n) is 6.31. The minimum absolute atomic E-state index is 0.0287. The molecule has 1 heterocycles. The quantitative estimate of drug-likeness (QED) is 0.751. The lowest BCUT2D eigenvalue weighted by molar-refractivity contribution is -0.137. The van der Waals surface area contributed by atoms with E-state index in [4.69, 9.17) is 10.2 Å². The Hall–Kier alpha value is -2.82. The fourth-order valence-corrected chi connectivity index (χ4v) is 3.27. The Bertz CT molecular complexity index is 880. The highest BCUT2D eigenvalue weighted by atomic mass is 16.4. The molecule has 0 unspecified atom stereocenters. The molecule has 0 aliphatic heterocycles. The molecule has 3 aromatic rings. The Labute approximate surface area is 139 Å². The molecule has 5 heteroatoms. The topological polar surface area (TPSA) is 79.5 Å². The van der Waals surface area contributed by atoms with E-state index in [-0.39, 0.29) is 18.9 Å². The summed E-state index contributed by atoms with van der Waals surface area (Å²) in [6.45, 7) is 4.18. The van der Waals surface area contributed by atoms with Gasteiger partial charge in [0, 0.05) is 27.8 Å². The standard InChI is InChI=1S/C19H19NO4/c1-11(2)20-16-5-3-12(9-18(21)22)7-14(16)15-8-13(10-19(23)24)4-6-17(15)20/h3-8,11H,9-10H2,1-2H3,(H,21,22)(H,23,24). The summed E-state index contributed by atoms with van der Waals surface area (Å²) >= 11 is 0. The fourth-order valence-electron chi connectivity index (χ4n) is 3.27. The van der Waals surface area contributed by atoms with E-state index in [2.05, 4.69) is 18.4 Å². The first-order valence-corrected chi connectivity index (χ1v) is 7.86. The van der Waals surface area contributed by atoms with E-state index in [1.807, 2.05) is 36.4 Å². The normalized spacial score (nSPS) is 11.5. The minimum atomic E-state index is -0.867. The van der Waals surface area contributed by atoms with Crippen molar-refractivity contribution in [2.75, 3.05) is 0 Å². The average Bonchev–Trinajstić information content (AvgIpc) is 2.79. The molecule has 3 rings (SSSR count). The van der Waals surface area contributed by atoms with Gasteiger partial charge in [-0.05, 0) is 49.2 Å². The molecule has 0 aliphatic carbocycles. The Balaban J connectivity index is 2.29. The van der Waals surface area contributed by atoms with Gasteiger partial charge >= 0.3 is 11.9 Å². The molecule has 0 aliphatic rings.